The summed E-state index contributed by atoms with van der Waals surface area (Å²) in [6.45, 7) is 10.0. The minimum Gasteiger partial charge on any atom is -0.444 e. The van der Waals surface area contributed by atoms with E-state index in [4.69, 9.17) is 19.7 Å². The largest absolute Gasteiger partial charge is 0.444 e. The second kappa shape index (κ2) is 8.44. The fourth-order valence-corrected chi connectivity index (χ4v) is 1.40. The first-order valence-electron chi connectivity index (χ1n) is 7.20. The van der Waals surface area contributed by atoms with Crippen molar-refractivity contribution in [1.29, 1.82) is 0 Å². The third-order valence-electron chi connectivity index (χ3n) is 2.10. The van der Waals surface area contributed by atoms with Crippen LogP contribution in [0, 0.1) is 0 Å². The average molecular weight is 335 g/mol. The summed E-state index contributed by atoms with van der Waals surface area (Å²) < 4.78 is 10.3. The van der Waals surface area contributed by atoms with Crippen LogP contribution in [0.4, 0.5) is 4.79 Å². The van der Waals surface area contributed by atoms with Crippen molar-refractivity contribution in [2.45, 2.75) is 65.4 Å². The van der Waals surface area contributed by atoms with Gasteiger partial charge in [-0.05, 0) is 41.5 Å². The molecule has 0 aliphatic heterocycles. The molecule has 0 radical (unpaired) electrons. The molecule has 0 aromatic rings. The van der Waals surface area contributed by atoms with Crippen molar-refractivity contribution in [3.63, 3.8) is 0 Å². The van der Waals surface area contributed by atoms with E-state index in [1.807, 2.05) is 0 Å². The van der Waals surface area contributed by atoms with Crippen molar-refractivity contribution < 1.29 is 29.6 Å². The van der Waals surface area contributed by atoms with E-state index in [-0.39, 0.29) is 12.5 Å². The van der Waals surface area contributed by atoms with Crippen molar-refractivity contribution in [3.8, 4) is 0 Å². The van der Waals surface area contributed by atoms with Crippen LogP contribution >= 0.6 is 0 Å². The lowest BCUT2D eigenvalue weighted by molar-refractivity contribution is -0.160. The van der Waals surface area contributed by atoms with Crippen LogP contribution in [0.2, 0.25) is 0 Å². The van der Waals surface area contributed by atoms with Gasteiger partial charge in [-0.15, -0.1) is 0 Å². The molecule has 0 bridgehead atoms. The number of carbonyl (C=O) groups excluding carboxylic acids is 1. The zero-order valence-electron chi connectivity index (χ0n) is 14.8. The van der Waals surface area contributed by atoms with E-state index >= 15 is 0 Å². The normalized spacial score (nSPS) is 14.7. The van der Waals surface area contributed by atoms with Crippen LogP contribution < -0.4 is 5.32 Å². The van der Waals surface area contributed by atoms with E-state index in [0.29, 0.717) is 0 Å². The maximum atomic E-state index is 11.8. The molecule has 0 fully saturated rings. The van der Waals surface area contributed by atoms with E-state index in [0.717, 1.165) is 0 Å². The lowest BCUT2D eigenvalue weighted by atomic mass is 10.2. The number of aliphatic hydroxyl groups is 3. The number of nitrogens with one attached hydrogen (secondary N) is 1. The predicted molar refractivity (Wildman–Crippen MR) is 84.5 cm³/mol. The van der Waals surface area contributed by atoms with Crippen molar-refractivity contribution in [1.82, 2.24) is 10.2 Å². The molecule has 0 rings (SSSR count). The predicted octanol–water partition coefficient (Wildman–Crippen LogP) is 0.201. The Morgan fingerprint density at radius 2 is 1.65 bits per heavy atom. The molecule has 1 unspecified atom stereocenters. The summed E-state index contributed by atoms with van der Waals surface area (Å²) in [6.07, 6.45) is -3.98. The summed E-state index contributed by atoms with van der Waals surface area (Å²) in [6, 6.07) is 0. The number of rotatable bonds is 4. The highest BCUT2D eigenvalue weighted by Gasteiger charge is 2.22. The molecule has 136 valence electrons. The van der Waals surface area contributed by atoms with Gasteiger partial charge in [0, 0.05) is 7.05 Å². The molecule has 0 saturated carbocycles. The van der Waals surface area contributed by atoms with Crippen molar-refractivity contribution >= 4 is 12.1 Å². The molecule has 23 heavy (non-hydrogen) atoms. The summed E-state index contributed by atoms with van der Waals surface area (Å²) in [5.41, 5.74) is -1.38. The fourth-order valence-electron chi connectivity index (χ4n) is 1.40. The Morgan fingerprint density at radius 3 is 2.04 bits per heavy atom. The van der Waals surface area contributed by atoms with Gasteiger partial charge in [0.05, 0.1) is 12.1 Å². The first-order valence-corrected chi connectivity index (χ1v) is 7.20. The molecule has 0 heterocycles. The molecule has 0 aromatic carbocycles. The standard InChI is InChI=1S/C14H29N3O6/c1-13(2,3)22-11(20)15-10(17(7)8-9(18)19)16-12(21)23-14(4,5)6/h9,11,18-20H,8H2,1-7H3,(H,15,16,21). The van der Waals surface area contributed by atoms with Gasteiger partial charge in [0.25, 0.3) is 6.41 Å². The van der Waals surface area contributed by atoms with E-state index in [1.165, 1.54) is 11.9 Å². The summed E-state index contributed by atoms with van der Waals surface area (Å²) in [7, 11) is 1.46. The molecule has 0 aromatic heterocycles. The molecular formula is C14H29N3O6. The Labute approximate surface area is 136 Å². The monoisotopic (exact) mass is 335 g/mol. The molecule has 9 heteroatoms. The van der Waals surface area contributed by atoms with Crippen LogP contribution in [-0.2, 0) is 9.47 Å². The summed E-state index contributed by atoms with van der Waals surface area (Å²) in [5.74, 6) is -0.121. The van der Waals surface area contributed by atoms with Crippen molar-refractivity contribution in [2.75, 3.05) is 13.6 Å². The van der Waals surface area contributed by atoms with Crippen LogP contribution in [0.1, 0.15) is 41.5 Å². The Balaban J connectivity index is 5.12. The summed E-state index contributed by atoms with van der Waals surface area (Å²) >= 11 is 0. The zero-order chi connectivity index (χ0) is 18.4. The first kappa shape index (κ1) is 21.6. The number of likely N-dealkylation sites (N-methyl/N-ethyl adjacent to an activating group) is 1. The van der Waals surface area contributed by atoms with E-state index in [1.54, 1.807) is 41.5 Å². The Bertz CT molecular complexity index is 412. The molecule has 0 saturated heterocycles. The number of carbonyl (C=O) groups is 1. The number of ether oxygens (including phenoxy) is 2. The van der Waals surface area contributed by atoms with Gasteiger partial charge in [0.1, 0.15) is 5.60 Å². The van der Waals surface area contributed by atoms with Crippen LogP contribution in [0.5, 0.6) is 0 Å². The number of aliphatic imine (C=N–C) groups is 1. The number of aliphatic hydroxyl groups excluding tert-OH is 2. The quantitative estimate of drug-likeness (QED) is 0.329. The van der Waals surface area contributed by atoms with Gasteiger partial charge in [0.15, 0.2) is 6.29 Å². The zero-order valence-corrected chi connectivity index (χ0v) is 14.8. The Hall–Kier alpha value is -1.42. The topological polar surface area (TPSA) is 124 Å². The first-order chi connectivity index (χ1) is 10.2. The Morgan fingerprint density at radius 1 is 1.13 bits per heavy atom. The van der Waals surface area contributed by atoms with Crippen molar-refractivity contribution in [3.05, 3.63) is 0 Å². The minimum atomic E-state index is -1.65. The van der Waals surface area contributed by atoms with Gasteiger partial charge >= 0.3 is 6.09 Å². The van der Waals surface area contributed by atoms with Gasteiger partial charge < -0.3 is 29.7 Å². The lowest BCUT2D eigenvalue weighted by Crippen LogP contribution is -2.47. The number of alkyl carbamates (subject to hydrolysis) is 1. The second-order valence-electron chi connectivity index (χ2n) is 7.00. The highest BCUT2D eigenvalue weighted by molar-refractivity contribution is 5.94. The fraction of sp³-hybridized carbons (Fsp3) is 0.857. The number of hydrogen-bond donors (Lipinski definition) is 4. The maximum Gasteiger partial charge on any atom is 0.414 e. The van der Waals surface area contributed by atoms with Gasteiger partial charge in [-0.3, -0.25) is 5.32 Å². The molecule has 0 aliphatic rings. The smallest absolute Gasteiger partial charge is 0.414 e. The van der Waals surface area contributed by atoms with Gasteiger partial charge in [-0.1, -0.05) is 0 Å². The SMILES string of the molecule is CN(CC(O)O)C(=NC(O)OC(C)(C)C)NC(=O)OC(C)(C)C. The molecule has 4 N–H and O–H groups in total. The minimum absolute atomic E-state index is 0.121. The average Bonchev–Trinajstić information content (AvgIpc) is 2.21. The van der Waals surface area contributed by atoms with Crippen LogP contribution in [0.15, 0.2) is 4.99 Å². The molecule has 1 amide bonds. The van der Waals surface area contributed by atoms with Gasteiger partial charge in [0.2, 0.25) is 5.96 Å². The number of hydrogen-bond acceptors (Lipinski definition) is 7. The third kappa shape index (κ3) is 11.8. The van der Waals surface area contributed by atoms with Crippen LogP contribution in [0.3, 0.4) is 0 Å². The number of guanidine groups is 1. The number of nitrogens with zero attached hydrogens (tertiary/aromatic N) is 2. The summed E-state index contributed by atoms with van der Waals surface area (Å²) in [4.78, 5) is 16.9. The summed E-state index contributed by atoms with van der Waals surface area (Å²) in [5, 5.41) is 30.2. The van der Waals surface area contributed by atoms with E-state index in [9.17, 15) is 9.90 Å². The molecule has 0 spiro atoms. The third-order valence-corrected chi connectivity index (χ3v) is 2.10. The molecule has 0 aliphatic carbocycles. The van der Waals surface area contributed by atoms with Gasteiger partial charge in [-0.25, -0.2) is 4.79 Å². The molecule has 1 atom stereocenters. The van der Waals surface area contributed by atoms with E-state index < -0.39 is 30.0 Å². The molecule has 9 nitrogen and oxygen atoms in total. The lowest BCUT2D eigenvalue weighted by Gasteiger charge is -2.27. The van der Waals surface area contributed by atoms with Crippen LogP contribution in [-0.4, -0.2) is 69.8 Å². The van der Waals surface area contributed by atoms with E-state index in [2.05, 4.69) is 10.3 Å². The maximum absolute atomic E-state index is 11.8. The number of amides is 1. The second-order valence-corrected chi connectivity index (χ2v) is 7.00. The highest BCUT2D eigenvalue weighted by atomic mass is 16.6. The van der Waals surface area contributed by atoms with Crippen molar-refractivity contribution in [2.24, 2.45) is 4.99 Å². The Kier molecular flexibility index (Phi) is 7.92. The van der Waals surface area contributed by atoms with Crippen LogP contribution in [0.25, 0.3) is 0 Å². The van der Waals surface area contributed by atoms with Gasteiger partial charge in [-0.2, -0.15) is 4.99 Å². The highest BCUT2D eigenvalue weighted by Crippen LogP contribution is 2.11. The molecular weight excluding hydrogens is 306 g/mol.